The number of hydrogen-bond donors (Lipinski definition) is 2. The molecule has 0 aromatic carbocycles. The van der Waals surface area contributed by atoms with Gasteiger partial charge in [0.25, 0.3) is 0 Å². The minimum absolute atomic E-state index is 0.107. The Hall–Kier alpha value is -1.79. The van der Waals surface area contributed by atoms with Crippen molar-refractivity contribution in [3.05, 3.63) is 0 Å². The third kappa shape index (κ3) is 6.46. The molecule has 1 rings (SSSR count). The first-order chi connectivity index (χ1) is 10.0. The fourth-order valence-corrected chi connectivity index (χ4v) is 2.29. The molecule has 0 atom stereocenters. The Bertz CT molecular complexity index is 364. The fraction of sp³-hybridized carbons (Fsp3) is 0.786. The average Bonchev–Trinajstić information content (AvgIpc) is 2.46. The molecule has 0 unspecified atom stereocenters. The quantitative estimate of drug-likeness (QED) is 0.544. The largest absolute Gasteiger partial charge is 0.481 e. The number of carboxylic acids is 1. The van der Waals surface area contributed by atoms with Gasteiger partial charge in [-0.1, -0.05) is 0 Å². The Morgan fingerprint density at radius 2 is 1.90 bits per heavy atom. The van der Waals surface area contributed by atoms with Crippen LogP contribution in [0.1, 0.15) is 39.0 Å². The highest BCUT2D eigenvalue weighted by molar-refractivity contribution is 5.76. The third-order valence-corrected chi connectivity index (χ3v) is 3.50. The maximum absolute atomic E-state index is 11.9. The van der Waals surface area contributed by atoms with Gasteiger partial charge >= 0.3 is 18.0 Å². The van der Waals surface area contributed by atoms with E-state index in [1.807, 2.05) is 0 Å². The molecule has 0 aromatic heterocycles. The van der Waals surface area contributed by atoms with Gasteiger partial charge in [0.2, 0.25) is 0 Å². The van der Waals surface area contributed by atoms with Crippen molar-refractivity contribution in [3.63, 3.8) is 0 Å². The van der Waals surface area contributed by atoms with Gasteiger partial charge in [-0.05, 0) is 32.6 Å². The predicted molar refractivity (Wildman–Crippen MR) is 75.8 cm³/mol. The Labute approximate surface area is 124 Å². The lowest BCUT2D eigenvalue weighted by Crippen LogP contribution is -2.45. The molecule has 1 fully saturated rings. The molecule has 0 aliphatic carbocycles. The molecule has 21 heavy (non-hydrogen) atoms. The molecular weight excluding hydrogens is 276 g/mol. The van der Waals surface area contributed by atoms with Gasteiger partial charge in [0.15, 0.2) is 0 Å². The van der Waals surface area contributed by atoms with E-state index >= 15 is 0 Å². The minimum atomic E-state index is -0.817. The van der Waals surface area contributed by atoms with Gasteiger partial charge in [0.05, 0.1) is 12.5 Å². The van der Waals surface area contributed by atoms with Crippen molar-refractivity contribution in [1.82, 2.24) is 10.2 Å². The minimum Gasteiger partial charge on any atom is -0.481 e. The molecule has 1 heterocycles. The number of unbranched alkanes of at least 4 members (excludes halogenated alkanes) is 1. The number of esters is 1. The molecule has 7 nitrogen and oxygen atoms in total. The summed E-state index contributed by atoms with van der Waals surface area (Å²) in [6, 6.07) is -0.146. The maximum atomic E-state index is 11.9. The van der Waals surface area contributed by atoms with Gasteiger partial charge in [-0.15, -0.1) is 0 Å². The predicted octanol–water partition coefficient (Wildman–Crippen LogP) is 1.23. The highest BCUT2D eigenvalue weighted by atomic mass is 16.5. The number of carbonyl (C=O) groups is 3. The SMILES string of the molecule is CCOC(=O)C1CCN(C(=O)NCCCCC(=O)O)CC1. The van der Waals surface area contributed by atoms with Crippen LogP contribution in [-0.4, -0.2) is 54.2 Å². The van der Waals surface area contributed by atoms with Crippen LogP contribution in [0.5, 0.6) is 0 Å². The second kappa shape index (κ2) is 9.20. The van der Waals surface area contributed by atoms with Crippen LogP contribution in [-0.2, 0) is 14.3 Å². The summed E-state index contributed by atoms with van der Waals surface area (Å²) in [7, 11) is 0. The van der Waals surface area contributed by atoms with Crippen molar-refractivity contribution in [1.29, 1.82) is 0 Å². The summed E-state index contributed by atoms with van der Waals surface area (Å²) in [5.74, 6) is -1.10. The highest BCUT2D eigenvalue weighted by Gasteiger charge is 2.27. The van der Waals surface area contributed by atoms with Crippen molar-refractivity contribution < 1.29 is 24.2 Å². The molecule has 2 N–H and O–H groups in total. The lowest BCUT2D eigenvalue weighted by atomic mass is 9.97. The van der Waals surface area contributed by atoms with E-state index in [0.29, 0.717) is 51.9 Å². The molecule has 0 saturated carbocycles. The molecule has 2 amide bonds. The number of nitrogens with one attached hydrogen (secondary N) is 1. The average molecular weight is 300 g/mol. The van der Waals surface area contributed by atoms with Crippen LogP contribution in [0.2, 0.25) is 0 Å². The van der Waals surface area contributed by atoms with Gasteiger partial charge in [-0.2, -0.15) is 0 Å². The van der Waals surface area contributed by atoms with E-state index < -0.39 is 5.97 Å². The van der Waals surface area contributed by atoms with Gasteiger partial charge in [-0.3, -0.25) is 9.59 Å². The maximum Gasteiger partial charge on any atom is 0.317 e. The number of rotatable bonds is 7. The summed E-state index contributed by atoms with van der Waals surface area (Å²) in [6.07, 6.45) is 2.59. The van der Waals surface area contributed by atoms with E-state index in [0.717, 1.165) is 0 Å². The summed E-state index contributed by atoms with van der Waals surface area (Å²) in [5.41, 5.74) is 0. The second-order valence-electron chi connectivity index (χ2n) is 5.10. The number of piperidine rings is 1. The molecule has 0 spiro atoms. The smallest absolute Gasteiger partial charge is 0.317 e. The summed E-state index contributed by atoms with van der Waals surface area (Å²) in [4.78, 5) is 35.5. The molecule has 1 aliphatic rings. The molecule has 7 heteroatoms. The van der Waals surface area contributed by atoms with E-state index in [1.54, 1.807) is 11.8 Å². The normalized spacial score (nSPS) is 15.6. The van der Waals surface area contributed by atoms with Crippen molar-refractivity contribution in [2.75, 3.05) is 26.2 Å². The third-order valence-electron chi connectivity index (χ3n) is 3.50. The van der Waals surface area contributed by atoms with Gasteiger partial charge in [0.1, 0.15) is 0 Å². The van der Waals surface area contributed by atoms with Gasteiger partial charge < -0.3 is 20.1 Å². The molecule has 1 aliphatic heterocycles. The number of urea groups is 1. The summed E-state index contributed by atoms with van der Waals surface area (Å²) < 4.78 is 4.98. The number of likely N-dealkylation sites (tertiary alicyclic amines) is 1. The number of hydrogen-bond acceptors (Lipinski definition) is 4. The van der Waals surface area contributed by atoms with Crippen molar-refractivity contribution in [2.45, 2.75) is 39.0 Å². The number of nitrogens with zero attached hydrogens (tertiary/aromatic N) is 1. The van der Waals surface area contributed by atoms with E-state index in [-0.39, 0.29) is 24.3 Å². The van der Waals surface area contributed by atoms with Gasteiger partial charge in [0, 0.05) is 26.1 Å². The van der Waals surface area contributed by atoms with Crippen LogP contribution >= 0.6 is 0 Å². The molecular formula is C14H24N2O5. The fourth-order valence-electron chi connectivity index (χ4n) is 2.29. The van der Waals surface area contributed by atoms with Crippen LogP contribution in [0.15, 0.2) is 0 Å². The molecule has 120 valence electrons. The van der Waals surface area contributed by atoms with Gasteiger partial charge in [-0.25, -0.2) is 4.79 Å². The molecule has 0 aromatic rings. The Kier molecular flexibility index (Phi) is 7.56. The first-order valence-electron chi connectivity index (χ1n) is 7.45. The Morgan fingerprint density at radius 3 is 2.48 bits per heavy atom. The number of aliphatic carboxylic acids is 1. The number of carboxylic acid groups (broad SMARTS) is 1. The number of ether oxygens (including phenoxy) is 1. The molecule has 0 bridgehead atoms. The summed E-state index contributed by atoms with van der Waals surface area (Å²) in [5, 5.41) is 11.3. The summed E-state index contributed by atoms with van der Waals surface area (Å²) in [6.45, 7) is 3.74. The number of carbonyl (C=O) groups excluding carboxylic acids is 2. The zero-order chi connectivity index (χ0) is 15.7. The standard InChI is InChI=1S/C14H24N2O5/c1-2-21-13(19)11-6-9-16(10-7-11)14(20)15-8-4-3-5-12(17)18/h11H,2-10H2,1H3,(H,15,20)(H,17,18). The van der Waals surface area contributed by atoms with Crippen LogP contribution in [0.3, 0.4) is 0 Å². The first-order valence-corrected chi connectivity index (χ1v) is 7.45. The Balaban J connectivity index is 2.17. The van der Waals surface area contributed by atoms with Crippen molar-refractivity contribution in [2.24, 2.45) is 5.92 Å². The van der Waals surface area contributed by atoms with Crippen molar-refractivity contribution in [3.8, 4) is 0 Å². The lowest BCUT2D eigenvalue weighted by Gasteiger charge is -2.30. The van der Waals surface area contributed by atoms with E-state index in [2.05, 4.69) is 5.32 Å². The van der Waals surface area contributed by atoms with Crippen LogP contribution < -0.4 is 5.32 Å². The van der Waals surface area contributed by atoms with Crippen molar-refractivity contribution >= 4 is 18.0 Å². The highest BCUT2D eigenvalue weighted by Crippen LogP contribution is 2.18. The monoisotopic (exact) mass is 300 g/mol. The molecule has 1 saturated heterocycles. The molecule has 0 radical (unpaired) electrons. The van der Waals surface area contributed by atoms with Crippen LogP contribution in [0, 0.1) is 5.92 Å². The van der Waals surface area contributed by atoms with Crippen LogP contribution in [0.25, 0.3) is 0 Å². The zero-order valence-corrected chi connectivity index (χ0v) is 12.5. The first kappa shape index (κ1) is 17.3. The van der Waals surface area contributed by atoms with Crippen LogP contribution in [0.4, 0.5) is 4.79 Å². The van der Waals surface area contributed by atoms with E-state index in [4.69, 9.17) is 9.84 Å². The van der Waals surface area contributed by atoms with E-state index in [9.17, 15) is 14.4 Å². The zero-order valence-electron chi connectivity index (χ0n) is 12.5. The summed E-state index contributed by atoms with van der Waals surface area (Å²) >= 11 is 0. The second-order valence-corrected chi connectivity index (χ2v) is 5.10. The Morgan fingerprint density at radius 1 is 1.24 bits per heavy atom. The number of amides is 2. The van der Waals surface area contributed by atoms with E-state index in [1.165, 1.54) is 0 Å². The lowest BCUT2D eigenvalue weighted by molar-refractivity contribution is -0.149. The topological polar surface area (TPSA) is 95.9 Å².